The molecule has 22 heavy (non-hydrogen) atoms. The van der Waals surface area contributed by atoms with Crippen molar-refractivity contribution in [3.8, 4) is 0 Å². The van der Waals surface area contributed by atoms with E-state index in [1.165, 1.54) is 24.3 Å². The molecule has 0 saturated carbocycles. The lowest BCUT2D eigenvalue weighted by atomic mass is 10.2. The summed E-state index contributed by atoms with van der Waals surface area (Å²) in [6.07, 6.45) is 1.51. The van der Waals surface area contributed by atoms with Crippen LogP contribution in [0.25, 0.3) is 0 Å². The Morgan fingerprint density at radius 1 is 0.591 bits per heavy atom. The number of benzene rings is 2. The third-order valence-corrected chi connectivity index (χ3v) is 8.69. The van der Waals surface area contributed by atoms with Gasteiger partial charge in [-0.05, 0) is 48.2 Å². The van der Waals surface area contributed by atoms with Crippen molar-refractivity contribution in [1.82, 2.24) is 0 Å². The van der Waals surface area contributed by atoms with Gasteiger partial charge in [0.05, 0.1) is 9.79 Å². The molecule has 0 saturated heterocycles. The largest absolute Gasteiger partial charge is 0.286 e. The minimum atomic E-state index is -4.46. The summed E-state index contributed by atoms with van der Waals surface area (Å²) in [6, 6.07) is 11.9. The molecule has 6 heteroatoms. The first kappa shape index (κ1) is 16.7. The molecule has 2 aromatic rings. The average molecular weight is 338 g/mol. The summed E-state index contributed by atoms with van der Waals surface area (Å²) in [5, 5.41) is 0. The summed E-state index contributed by atoms with van der Waals surface area (Å²) in [6.45, 7) is 3.88. The Labute approximate surface area is 131 Å². The van der Waals surface area contributed by atoms with Gasteiger partial charge in [-0.25, -0.2) is 16.8 Å². The molecule has 0 aliphatic carbocycles. The van der Waals surface area contributed by atoms with E-state index in [2.05, 4.69) is 0 Å². The fraction of sp³-hybridized carbons (Fsp3) is 0.250. The van der Waals surface area contributed by atoms with Gasteiger partial charge in [0, 0.05) is 0 Å². The van der Waals surface area contributed by atoms with Crippen molar-refractivity contribution in [3.05, 3.63) is 59.7 Å². The van der Waals surface area contributed by atoms with Crippen LogP contribution in [0.15, 0.2) is 58.3 Å². The van der Waals surface area contributed by atoms with Crippen molar-refractivity contribution < 1.29 is 16.8 Å². The monoisotopic (exact) mass is 338 g/mol. The van der Waals surface area contributed by atoms with Crippen molar-refractivity contribution in [2.45, 2.75) is 36.5 Å². The Balaban J connectivity index is 2.49. The lowest BCUT2D eigenvalue weighted by molar-refractivity contribution is 0.582. The molecule has 0 aromatic heterocycles. The molecular formula is C16H18O4S2. The van der Waals surface area contributed by atoms with E-state index in [-0.39, 0.29) is 9.79 Å². The second-order valence-electron chi connectivity index (χ2n) is 4.90. The molecule has 118 valence electrons. The molecule has 0 spiro atoms. The summed E-state index contributed by atoms with van der Waals surface area (Å²) in [5.41, 5.74) is 1.90. The molecule has 2 aromatic carbocycles. The van der Waals surface area contributed by atoms with Gasteiger partial charge in [0.1, 0.15) is 0 Å². The van der Waals surface area contributed by atoms with Crippen LogP contribution in [-0.4, -0.2) is 16.8 Å². The molecule has 0 aliphatic rings. The van der Waals surface area contributed by atoms with Crippen LogP contribution in [0.1, 0.15) is 25.0 Å². The first-order valence-corrected chi connectivity index (χ1v) is 10.5. The van der Waals surface area contributed by atoms with E-state index in [1.807, 2.05) is 13.8 Å². The maximum atomic E-state index is 12.4. The third kappa shape index (κ3) is 2.94. The minimum absolute atomic E-state index is 0.204. The molecule has 0 N–H and O–H groups in total. The number of hydrogen-bond donors (Lipinski definition) is 0. The lowest BCUT2D eigenvalue weighted by Crippen LogP contribution is -2.16. The Hall–Kier alpha value is -1.66. The Bertz CT molecular complexity index is 772. The lowest BCUT2D eigenvalue weighted by Gasteiger charge is -2.08. The maximum absolute atomic E-state index is 12.4. The van der Waals surface area contributed by atoms with Gasteiger partial charge in [-0.1, -0.05) is 38.1 Å². The van der Waals surface area contributed by atoms with E-state index in [9.17, 15) is 16.8 Å². The zero-order valence-electron chi connectivity index (χ0n) is 12.5. The molecule has 0 radical (unpaired) electrons. The smallest absolute Gasteiger partial charge is 0.207 e. The molecular weight excluding hydrogens is 320 g/mol. The van der Waals surface area contributed by atoms with Gasteiger partial charge in [0.15, 0.2) is 0 Å². The Morgan fingerprint density at radius 2 is 0.864 bits per heavy atom. The molecule has 4 nitrogen and oxygen atoms in total. The highest BCUT2D eigenvalue weighted by Gasteiger charge is 2.33. The highest BCUT2D eigenvalue weighted by molar-refractivity contribution is 8.67. The highest BCUT2D eigenvalue weighted by Crippen LogP contribution is 2.25. The van der Waals surface area contributed by atoms with Crippen molar-refractivity contribution in [2.75, 3.05) is 0 Å². The van der Waals surface area contributed by atoms with Gasteiger partial charge >= 0.3 is 0 Å². The SMILES string of the molecule is CCc1ccc(S(=O)(=O)S(=O)(=O)c2ccc(CC)cc2)cc1. The van der Waals surface area contributed by atoms with Crippen molar-refractivity contribution >= 4 is 17.7 Å². The molecule has 0 atom stereocenters. The number of hydrogen-bond acceptors (Lipinski definition) is 4. The molecule has 0 unspecified atom stereocenters. The maximum Gasteiger partial charge on any atom is 0.286 e. The van der Waals surface area contributed by atoms with Gasteiger partial charge < -0.3 is 0 Å². The standard InChI is InChI=1S/C16H18O4S2/c1-3-13-5-9-15(10-6-13)21(17,18)22(19,20)16-11-7-14(4-2)8-12-16/h5-12H,3-4H2,1-2H3. The minimum Gasteiger partial charge on any atom is -0.207 e. The summed E-state index contributed by atoms with van der Waals surface area (Å²) in [7, 11) is -8.93. The third-order valence-electron chi connectivity index (χ3n) is 3.53. The van der Waals surface area contributed by atoms with Crippen LogP contribution in [0.5, 0.6) is 0 Å². The zero-order valence-corrected chi connectivity index (χ0v) is 14.1. The normalized spacial score (nSPS) is 12.3. The van der Waals surface area contributed by atoms with Crippen molar-refractivity contribution in [1.29, 1.82) is 0 Å². The van der Waals surface area contributed by atoms with Gasteiger partial charge in [0.2, 0.25) is 0 Å². The zero-order chi connectivity index (χ0) is 16.4. The van der Waals surface area contributed by atoms with E-state index in [0.29, 0.717) is 0 Å². The summed E-state index contributed by atoms with van der Waals surface area (Å²) in [5.74, 6) is 0. The van der Waals surface area contributed by atoms with E-state index in [1.54, 1.807) is 24.3 Å². The Kier molecular flexibility index (Phi) is 4.72. The van der Waals surface area contributed by atoms with Crippen molar-refractivity contribution in [3.63, 3.8) is 0 Å². The fourth-order valence-electron chi connectivity index (χ4n) is 2.04. The van der Waals surface area contributed by atoms with Crippen LogP contribution >= 0.6 is 0 Å². The quantitative estimate of drug-likeness (QED) is 0.786. The van der Waals surface area contributed by atoms with E-state index >= 15 is 0 Å². The van der Waals surface area contributed by atoms with Gasteiger partial charge in [-0.15, -0.1) is 0 Å². The van der Waals surface area contributed by atoms with Crippen molar-refractivity contribution in [2.24, 2.45) is 0 Å². The van der Waals surface area contributed by atoms with E-state index < -0.39 is 17.7 Å². The summed E-state index contributed by atoms with van der Waals surface area (Å²) in [4.78, 5) is -0.409. The van der Waals surface area contributed by atoms with Gasteiger partial charge in [-0.2, -0.15) is 0 Å². The first-order chi connectivity index (χ1) is 10.3. The molecule has 0 fully saturated rings. The van der Waals surface area contributed by atoms with Gasteiger partial charge in [0.25, 0.3) is 17.7 Å². The summed E-state index contributed by atoms with van der Waals surface area (Å²) >= 11 is 0. The fourth-order valence-corrected chi connectivity index (χ4v) is 5.67. The predicted molar refractivity (Wildman–Crippen MR) is 86.0 cm³/mol. The van der Waals surface area contributed by atoms with Crippen LogP contribution in [0, 0.1) is 0 Å². The Morgan fingerprint density at radius 3 is 1.09 bits per heavy atom. The number of rotatable bonds is 5. The van der Waals surface area contributed by atoms with E-state index in [0.717, 1.165) is 24.0 Å². The average Bonchev–Trinajstić information content (AvgIpc) is 2.54. The van der Waals surface area contributed by atoms with Crippen LogP contribution in [-0.2, 0) is 30.6 Å². The second kappa shape index (κ2) is 6.22. The second-order valence-corrected chi connectivity index (χ2v) is 10.3. The highest BCUT2D eigenvalue weighted by atomic mass is 33.2. The van der Waals surface area contributed by atoms with Crippen LogP contribution in [0.4, 0.5) is 0 Å². The van der Waals surface area contributed by atoms with E-state index in [4.69, 9.17) is 0 Å². The molecule has 0 amide bonds. The topological polar surface area (TPSA) is 68.3 Å². The van der Waals surface area contributed by atoms with Crippen LogP contribution in [0.3, 0.4) is 0 Å². The summed E-state index contributed by atoms with van der Waals surface area (Å²) < 4.78 is 49.7. The first-order valence-electron chi connectivity index (χ1n) is 7.01. The molecule has 0 aliphatic heterocycles. The molecule has 0 heterocycles. The molecule has 2 rings (SSSR count). The predicted octanol–water partition coefficient (Wildman–Crippen LogP) is 2.97. The number of aryl methyl sites for hydroxylation is 2. The van der Waals surface area contributed by atoms with Gasteiger partial charge in [-0.3, -0.25) is 0 Å². The van der Waals surface area contributed by atoms with Crippen LogP contribution < -0.4 is 0 Å². The van der Waals surface area contributed by atoms with Crippen LogP contribution in [0.2, 0.25) is 0 Å². The molecule has 0 bridgehead atoms.